The molecule has 1 unspecified atom stereocenters. The number of hydrogen-bond acceptors (Lipinski definition) is 6. The van der Waals surface area contributed by atoms with Gasteiger partial charge in [-0.05, 0) is 67.6 Å². The van der Waals surface area contributed by atoms with Gasteiger partial charge in [0.05, 0.1) is 12.3 Å². The first-order valence-corrected chi connectivity index (χ1v) is 11.9. The van der Waals surface area contributed by atoms with E-state index in [-0.39, 0.29) is 17.7 Å². The summed E-state index contributed by atoms with van der Waals surface area (Å²) in [5.41, 5.74) is 3.27. The zero-order chi connectivity index (χ0) is 21.8. The summed E-state index contributed by atoms with van der Waals surface area (Å²) in [6.45, 7) is 4.16. The molecular weight excluding hydrogens is 426 g/mol. The van der Waals surface area contributed by atoms with Crippen molar-refractivity contribution in [1.82, 2.24) is 4.98 Å². The van der Waals surface area contributed by atoms with Crippen molar-refractivity contribution in [3.8, 4) is 0 Å². The standard InChI is InChI=1S/C24H23N3O2S2/c1-15-16(2)31-24(27-23(28)19-7-6-14-29-19)21(15)22(26-20-8-4-5-13-25-20)17-9-11-18(30-3)12-10-17/h4-14,22H,1-3H3,(H,25,26)(H,27,28). The second kappa shape index (κ2) is 9.41. The van der Waals surface area contributed by atoms with E-state index in [1.807, 2.05) is 18.2 Å². The second-order valence-corrected chi connectivity index (χ2v) is 9.13. The van der Waals surface area contributed by atoms with E-state index >= 15 is 0 Å². The van der Waals surface area contributed by atoms with Gasteiger partial charge in [-0.15, -0.1) is 23.1 Å². The summed E-state index contributed by atoms with van der Waals surface area (Å²) in [7, 11) is 0. The molecule has 3 aromatic heterocycles. The topological polar surface area (TPSA) is 67.2 Å². The number of amides is 1. The molecule has 158 valence electrons. The van der Waals surface area contributed by atoms with Gasteiger partial charge in [0.2, 0.25) is 0 Å². The van der Waals surface area contributed by atoms with Crippen LogP contribution in [0.5, 0.6) is 0 Å². The molecule has 0 bridgehead atoms. The number of aryl methyl sites for hydroxylation is 1. The monoisotopic (exact) mass is 449 g/mol. The third-order valence-corrected chi connectivity index (χ3v) is 6.98. The predicted octanol–water partition coefficient (Wildman–Crippen LogP) is 6.53. The molecule has 0 aliphatic heterocycles. The minimum atomic E-state index is -0.262. The highest BCUT2D eigenvalue weighted by Gasteiger charge is 2.25. The van der Waals surface area contributed by atoms with Crippen LogP contribution >= 0.6 is 23.1 Å². The SMILES string of the molecule is CSc1ccc(C(Nc2ccccn2)c2c(NC(=O)c3ccco3)sc(C)c2C)cc1. The van der Waals surface area contributed by atoms with Crippen LogP contribution < -0.4 is 10.6 Å². The molecule has 0 spiro atoms. The summed E-state index contributed by atoms with van der Waals surface area (Å²) >= 11 is 3.28. The lowest BCUT2D eigenvalue weighted by Crippen LogP contribution is -2.17. The molecule has 4 rings (SSSR count). The van der Waals surface area contributed by atoms with Gasteiger partial charge in [0, 0.05) is 21.5 Å². The molecule has 5 nitrogen and oxygen atoms in total. The largest absolute Gasteiger partial charge is 0.459 e. The summed E-state index contributed by atoms with van der Waals surface area (Å²) in [5, 5.41) is 7.42. The summed E-state index contributed by atoms with van der Waals surface area (Å²) in [6.07, 6.45) is 5.33. The fraction of sp³-hybridized carbons (Fsp3) is 0.167. The quantitative estimate of drug-likeness (QED) is 0.314. The Bertz CT molecular complexity index is 1150. The number of carbonyl (C=O) groups is 1. The van der Waals surface area contributed by atoms with Crippen LogP contribution in [0.4, 0.5) is 10.8 Å². The van der Waals surface area contributed by atoms with E-state index in [9.17, 15) is 4.79 Å². The Balaban J connectivity index is 1.77. The molecule has 7 heteroatoms. The number of rotatable bonds is 7. The van der Waals surface area contributed by atoms with Gasteiger partial charge in [-0.1, -0.05) is 18.2 Å². The lowest BCUT2D eigenvalue weighted by molar-refractivity contribution is 0.0997. The van der Waals surface area contributed by atoms with Gasteiger partial charge in [-0.3, -0.25) is 4.79 Å². The molecule has 3 heterocycles. The van der Waals surface area contributed by atoms with Crippen molar-refractivity contribution in [2.24, 2.45) is 0 Å². The van der Waals surface area contributed by atoms with Crippen LogP contribution in [0, 0.1) is 13.8 Å². The number of thiophene rings is 1. The van der Waals surface area contributed by atoms with Gasteiger partial charge in [-0.25, -0.2) is 4.98 Å². The van der Waals surface area contributed by atoms with E-state index < -0.39 is 0 Å². The van der Waals surface area contributed by atoms with Crippen LogP contribution in [-0.4, -0.2) is 17.1 Å². The van der Waals surface area contributed by atoms with Gasteiger partial charge in [-0.2, -0.15) is 0 Å². The third kappa shape index (κ3) is 4.68. The smallest absolute Gasteiger partial charge is 0.291 e. The minimum Gasteiger partial charge on any atom is -0.459 e. The molecule has 1 atom stereocenters. The molecule has 1 amide bonds. The number of hydrogen-bond donors (Lipinski definition) is 2. The minimum absolute atomic E-state index is 0.178. The number of anilines is 2. The van der Waals surface area contributed by atoms with Gasteiger partial charge in [0.1, 0.15) is 10.8 Å². The first-order chi connectivity index (χ1) is 15.1. The molecule has 4 aromatic rings. The van der Waals surface area contributed by atoms with Crippen molar-refractivity contribution in [2.75, 3.05) is 16.9 Å². The molecule has 0 aliphatic rings. The molecule has 0 fully saturated rings. The van der Waals surface area contributed by atoms with Crippen LogP contribution in [0.3, 0.4) is 0 Å². The van der Waals surface area contributed by atoms with E-state index in [0.717, 1.165) is 32.4 Å². The van der Waals surface area contributed by atoms with Crippen molar-refractivity contribution in [3.63, 3.8) is 0 Å². The Kier molecular flexibility index (Phi) is 6.44. The van der Waals surface area contributed by atoms with Gasteiger partial charge in [0.15, 0.2) is 5.76 Å². The fourth-order valence-electron chi connectivity index (χ4n) is 3.37. The van der Waals surface area contributed by atoms with Gasteiger partial charge in [0.25, 0.3) is 5.91 Å². The van der Waals surface area contributed by atoms with Gasteiger partial charge >= 0.3 is 0 Å². The average molecular weight is 450 g/mol. The lowest BCUT2D eigenvalue weighted by Gasteiger charge is -2.22. The van der Waals surface area contributed by atoms with E-state index in [4.69, 9.17) is 4.42 Å². The Morgan fingerprint density at radius 1 is 1.10 bits per heavy atom. The highest BCUT2D eigenvalue weighted by atomic mass is 32.2. The van der Waals surface area contributed by atoms with Crippen molar-refractivity contribution in [3.05, 3.63) is 94.4 Å². The lowest BCUT2D eigenvalue weighted by atomic mass is 9.96. The van der Waals surface area contributed by atoms with Crippen LogP contribution in [0.15, 0.2) is 76.4 Å². The van der Waals surface area contributed by atoms with Crippen molar-refractivity contribution >= 4 is 39.8 Å². The maximum atomic E-state index is 12.7. The molecule has 0 saturated heterocycles. The van der Waals surface area contributed by atoms with E-state index in [0.29, 0.717) is 0 Å². The van der Waals surface area contributed by atoms with E-state index in [1.54, 1.807) is 41.4 Å². The van der Waals surface area contributed by atoms with Crippen LogP contribution in [0.25, 0.3) is 0 Å². The second-order valence-electron chi connectivity index (χ2n) is 7.02. The fourth-order valence-corrected chi connectivity index (χ4v) is 4.87. The number of nitrogens with zero attached hydrogens (tertiary/aromatic N) is 1. The highest BCUT2D eigenvalue weighted by molar-refractivity contribution is 7.98. The zero-order valence-corrected chi connectivity index (χ0v) is 19.1. The van der Waals surface area contributed by atoms with Crippen molar-refractivity contribution < 1.29 is 9.21 Å². The molecule has 0 radical (unpaired) electrons. The summed E-state index contributed by atoms with van der Waals surface area (Å²) in [6, 6.07) is 17.4. The number of pyridine rings is 1. The van der Waals surface area contributed by atoms with Crippen LogP contribution in [-0.2, 0) is 0 Å². The van der Waals surface area contributed by atoms with Crippen LogP contribution in [0.1, 0.15) is 38.2 Å². The first-order valence-electron chi connectivity index (χ1n) is 9.83. The normalized spacial score (nSPS) is 11.8. The first kappa shape index (κ1) is 21.2. The zero-order valence-electron chi connectivity index (χ0n) is 17.5. The van der Waals surface area contributed by atoms with Crippen molar-refractivity contribution in [1.29, 1.82) is 0 Å². The molecule has 2 N–H and O–H groups in total. The third-order valence-electron chi connectivity index (χ3n) is 5.10. The summed E-state index contributed by atoms with van der Waals surface area (Å²) in [4.78, 5) is 19.5. The Hall–Kier alpha value is -3.03. The number of benzene rings is 1. The number of aromatic nitrogens is 1. The van der Waals surface area contributed by atoms with Crippen molar-refractivity contribution in [2.45, 2.75) is 24.8 Å². The molecule has 31 heavy (non-hydrogen) atoms. The number of carbonyl (C=O) groups excluding carboxylic acids is 1. The summed E-state index contributed by atoms with van der Waals surface area (Å²) < 4.78 is 5.28. The highest BCUT2D eigenvalue weighted by Crippen LogP contribution is 2.41. The molecule has 0 aliphatic carbocycles. The molecule has 1 aromatic carbocycles. The molecular formula is C24H23N3O2S2. The summed E-state index contributed by atoms with van der Waals surface area (Å²) in [5.74, 6) is 0.794. The maximum absolute atomic E-state index is 12.7. The Morgan fingerprint density at radius 2 is 1.90 bits per heavy atom. The Morgan fingerprint density at radius 3 is 2.55 bits per heavy atom. The number of nitrogens with one attached hydrogen (secondary N) is 2. The van der Waals surface area contributed by atoms with Crippen LogP contribution in [0.2, 0.25) is 0 Å². The average Bonchev–Trinajstić information content (AvgIpc) is 3.42. The maximum Gasteiger partial charge on any atom is 0.291 e. The number of thioether (sulfide) groups is 1. The predicted molar refractivity (Wildman–Crippen MR) is 128 cm³/mol. The number of furan rings is 1. The van der Waals surface area contributed by atoms with E-state index in [1.165, 1.54) is 11.2 Å². The molecule has 0 saturated carbocycles. The Labute approximate surface area is 189 Å². The van der Waals surface area contributed by atoms with Gasteiger partial charge < -0.3 is 15.1 Å². The van der Waals surface area contributed by atoms with E-state index in [2.05, 4.69) is 60.0 Å².